The van der Waals surface area contributed by atoms with E-state index in [0.717, 1.165) is 24.5 Å². The molecule has 0 aromatic heterocycles. The Kier molecular flexibility index (Phi) is 8.45. The van der Waals surface area contributed by atoms with Crippen molar-refractivity contribution in [3.63, 3.8) is 0 Å². The topological polar surface area (TPSA) is 73.9 Å². The first-order valence-corrected chi connectivity index (χ1v) is 12.8. The van der Waals surface area contributed by atoms with Crippen molar-refractivity contribution in [3.05, 3.63) is 87.4 Å². The van der Waals surface area contributed by atoms with Gasteiger partial charge in [0, 0.05) is 53.7 Å². The van der Waals surface area contributed by atoms with Gasteiger partial charge in [0.25, 0.3) is 11.8 Å². The summed E-state index contributed by atoms with van der Waals surface area (Å²) in [6.07, 6.45) is 0. The molecule has 1 fully saturated rings. The minimum Gasteiger partial charge on any atom is -0.496 e. The number of thiocarbonyl (C=S) groups is 1. The molecule has 3 aromatic carbocycles. The summed E-state index contributed by atoms with van der Waals surface area (Å²) in [4.78, 5) is 29.3. The Morgan fingerprint density at radius 1 is 0.944 bits per heavy atom. The van der Waals surface area contributed by atoms with Gasteiger partial charge in [-0.05, 0) is 94.9 Å². The predicted octanol–water partition coefficient (Wildman–Crippen LogP) is 5.20. The zero-order valence-electron chi connectivity index (χ0n) is 19.5. The van der Waals surface area contributed by atoms with E-state index in [0.29, 0.717) is 39.5 Å². The van der Waals surface area contributed by atoms with Gasteiger partial charge in [-0.1, -0.05) is 11.6 Å². The molecule has 1 saturated heterocycles. The van der Waals surface area contributed by atoms with Crippen LogP contribution in [-0.4, -0.2) is 55.1 Å². The second kappa shape index (κ2) is 11.7. The molecule has 2 N–H and O–H groups in total. The number of carbonyl (C=O) groups excluding carboxylic acids is 2. The molecule has 186 valence electrons. The zero-order chi connectivity index (χ0) is 25.7. The van der Waals surface area contributed by atoms with Gasteiger partial charge in [-0.2, -0.15) is 0 Å². The number of carbonyl (C=O) groups is 2. The third kappa shape index (κ3) is 6.34. The lowest BCUT2D eigenvalue weighted by atomic mass is 10.1. The monoisotopic (exact) mass is 586 g/mol. The fourth-order valence-electron chi connectivity index (χ4n) is 3.84. The smallest absolute Gasteiger partial charge is 0.257 e. The molecule has 0 saturated carbocycles. The molecule has 36 heavy (non-hydrogen) atoms. The maximum atomic E-state index is 12.7. The van der Waals surface area contributed by atoms with Crippen molar-refractivity contribution < 1.29 is 14.3 Å². The zero-order valence-corrected chi connectivity index (χ0v) is 22.6. The van der Waals surface area contributed by atoms with Crippen molar-refractivity contribution in [1.29, 1.82) is 0 Å². The molecule has 0 spiro atoms. The summed E-state index contributed by atoms with van der Waals surface area (Å²) >= 11 is 14.6. The lowest BCUT2D eigenvalue weighted by Crippen LogP contribution is -2.48. The van der Waals surface area contributed by atoms with Gasteiger partial charge in [0.1, 0.15) is 5.75 Å². The molecule has 7 nitrogen and oxygen atoms in total. The maximum Gasteiger partial charge on any atom is 0.257 e. The van der Waals surface area contributed by atoms with Crippen LogP contribution in [0.1, 0.15) is 20.7 Å². The highest BCUT2D eigenvalue weighted by molar-refractivity contribution is 9.10. The van der Waals surface area contributed by atoms with Crippen molar-refractivity contribution in [2.24, 2.45) is 0 Å². The van der Waals surface area contributed by atoms with Crippen LogP contribution in [0.2, 0.25) is 5.02 Å². The molecule has 1 heterocycles. The van der Waals surface area contributed by atoms with Crippen LogP contribution in [-0.2, 0) is 0 Å². The molecular formula is C26H24BrClN4O3S. The number of nitrogens with zero attached hydrogens (tertiary/aromatic N) is 2. The number of amides is 2. The normalized spacial score (nSPS) is 13.2. The molecule has 1 aliphatic rings. The third-order valence-electron chi connectivity index (χ3n) is 5.79. The highest BCUT2D eigenvalue weighted by Crippen LogP contribution is 2.25. The van der Waals surface area contributed by atoms with Gasteiger partial charge in [0.05, 0.1) is 11.6 Å². The number of piperazine rings is 1. The van der Waals surface area contributed by atoms with Crippen LogP contribution in [0.25, 0.3) is 0 Å². The number of benzene rings is 3. The first-order chi connectivity index (χ1) is 17.3. The summed E-state index contributed by atoms with van der Waals surface area (Å²) in [5.74, 6) is 0.337. The van der Waals surface area contributed by atoms with Gasteiger partial charge >= 0.3 is 0 Å². The van der Waals surface area contributed by atoms with Crippen molar-refractivity contribution >= 4 is 68.1 Å². The fourth-order valence-corrected chi connectivity index (χ4v) is 4.72. The van der Waals surface area contributed by atoms with Crippen LogP contribution in [0, 0.1) is 0 Å². The van der Waals surface area contributed by atoms with Crippen LogP contribution in [0.15, 0.2) is 71.2 Å². The first-order valence-electron chi connectivity index (χ1n) is 11.2. The second-order valence-electron chi connectivity index (χ2n) is 8.09. The van der Waals surface area contributed by atoms with E-state index in [1.807, 2.05) is 29.2 Å². The lowest BCUT2D eigenvalue weighted by Gasteiger charge is -2.36. The minimum absolute atomic E-state index is 0.0171. The quantitative estimate of drug-likeness (QED) is 0.400. The van der Waals surface area contributed by atoms with Crippen molar-refractivity contribution in [1.82, 2.24) is 10.2 Å². The number of anilines is 2. The SMILES string of the molecule is COc1ccc(C(=O)NC(=S)Nc2ccc(N3CCN(C(=O)c4ccc(Cl)cc4)CC3)cc2)cc1Br. The van der Waals surface area contributed by atoms with Crippen LogP contribution in [0.4, 0.5) is 11.4 Å². The number of halogens is 2. The van der Waals surface area contributed by atoms with E-state index in [-0.39, 0.29) is 16.9 Å². The van der Waals surface area contributed by atoms with Gasteiger partial charge in [0.15, 0.2) is 5.11 Å². The first kappa shape index (κ1) is 25.9. The summed E-state index contributed by atoms with van der Waals surface area (Å²) in [5, 5.41) is 6.54. The molecule has 1 aliphatic heterocycles. The summed E-state index contributed by atoms with van der Waals surface area (Å²) < 4.78 is 5.87. The number of hydrogen-bond donors (Lipinski definition) is 2. The number of rotatable bonds is 5. The summed E-state index contributed by atoms with van der Waals surface area (Å²) in [5.41, 5.74) is 2.91. The minimum atomic E-state index is -0.321. The molecule has 2 amide bonds. The van der Waals surface area contributed by atoms with E-state index in [2.05, 4.69) is 31.5 Å². The fraction of sp³-hybridized carbons (Fsp3) is 0.192. The van der Waals surface area contributed by atoms with Crippen LogP contribution in [0.5, 0.6) is 5.75 Å². The number of ether oxygens (including phenoxy) is 1. The third-order valence-corrected chi connectivity index (χ3v) is 6.87. The maximum absolute atomic E-state index is 12.7. The Morgan fingerprint density at radius 3 is 2.19 bits per heavy atom. The van der Waals surface area contributed by atoms with Crippen molar-refractivity contribution in [3.8, 4) is 5.75 Å². The van der Waals surface area contributed by atoms with Crippen molar-refractivity contribution in [2.45, 2.75) is 0 Å². The van der Waals surface area contributed by atoms with Crippen molar-refractivity contribution in [2.75, 3.05) is 43.5 Å². The predicted molar refractivity (Wildman–Crippen MR) is 150 cm³/mol. The van der Waals surface area contributed by atoms with E-state index >= 15 is 0 Å². The van der Waals surface area contributed by atoms with Gasteiger partial charge in [0.2, 0.25) is 0 Å². The molecule has 0 unspecified atom stereocenters. The standard InChI is InChI=1S/C26H24BrClN4O3S/c1-35-23-11-4-18(16-22(23)27)24(33)30-26(36)29-20-7-9-21(10-8-20)31-12-14-32(15-13-31)25(34)17-2-5-19(28)6-3-17/h2-11,16H,12-15H2,1H3,(H2,29,30,33,36). The number of nitrogens with one attached hydrogen (secondary N) is 2. The Morgan fingerprint density at radius 2 is 1.58 bits per heavy atom. The Bertz CT molecular complexity index is 1260. The highest BCUT2D eigenvalue weighted by atomic mass is 79.9. The molecule has 4 rings (SSSR count). The largest absolute Gasteiger partial charge is 0.496 e. The molecule has 3 aromatic rings. The Balaban J connectivity index is 1.28. The Hall–Kier alpha value is -3.14. The van der Waals surface area contributed by atoms with E-state index in [1.165, 1.54) is 0 Å². The van der Waals surface area contributed by atoms with E-state index < -0.39 is 0 Å². The van der Waals surface area contributed by atoms with E-state index in [1.54, 1.807) is 49.6 Å². The molecule has 0 radical (unpaired) electrons. The lowest BCUT2D eigenvalue weighted by molar-refractivity contribution is 0.0746. The number of methoxy groups -OCH3 is 1. The molecule has 0 aliphatic carbocycles. The average molecular weight is 588 g/mol. The number of hydrogen-bond acceptors (Lipinski definition) is 5. The highest BCUT2D eigenvalue weighted by Gasteiger charge is 2.22. The van der Waals surface area contributed by atoms with Gasteiger partial charge < -0.3 is 19.9 Å². The van der Waals surface area contributed by atoms with Crippen LogP contribution < -0.4 is 20.3 Å². The summed E-state index contributed by atoms with van der Waals surface area (Å²) in [6.45, 7) is 2.74. The van der Waals surface area contributed by atoms with Gasteiger partial charge in [-0.3, -0.25) is 14.9 Å². The van der Waals surface area contributed by atoms with E-state index in [4.69, 9.17) is 28.6 Å². The van der Waals surface area contributed by atoms with Gasteiger partial charge in [-0.25, -0.2) is 0 Å². The van der Waals surface area contributed by atoms with E-state index in [9.17, 15) is 9.59 Å². The average Bonchev–Trinajstić information content (AvgIpc) is 2.89. The summed E-state index contributed by atoms with van der Waals surface area (Å²) in [7, 11) is 1.56. The molecular weight excluding hydrogens is 564 g/mol. The Labute approximate surface area is 228 Å². The molecule has 0 atom stereocenters. The van der Waals surface area contributed by atoms with Gasteiger partial charge in [-0.15, -0.1) is 0 Å². The van der Waals surface area contributed by atoms with Crippen LogP contribution >= 0.6 is 39.7 Å². The van der Waals surface area contributed by atoms with Crippen LogP contribution in [0.3, 0.4) is 0 Å². The second-order valence-corrected chi connectivity index (χ2v) is 9.79. The molecule has 10 heteroatoms. The summed E-state index contributed by atoms with van der Waals surface area (Å²) in [6, 6.07) is 19.8. The molecule has 0 bridgehead atoms.